The van der Waals surface area contributed by atoms with E-state index < -0.39 is 47.2 Å². The number of rotatable bonds is 16. The molecule has 0 aliphatic heterocycles. The molecule has 0 N–H and O–H groups in total. The summed E-state index contributed by atoms with van der Waals surface area (Å²) in [7, 11) is 0. The van der Waals surface area contributed by atoms with Crippen molar-refractivity contribution in [3.05, 3.63) is 34.6 Å². The van der Waals surface area contributed by atoms with Gasteiger partial charge >= 0.3 is 5.97 Å². The first-order valence-electron chi connectivity index (χ1n) is 11.1. The Bertz CT molecular complexity index is 620. The number of benzene rings is 1. The smallest absolute Gasteiger partial charge is 0.306 e. The van der Waals surface area contributed by atoms with E-state index in [9.17, 15) is 26.7 Å². The maximum absolute atomic E-state index is 13.5. The number of unbranched alkanes of at least 4 members (excludes halogenated alkanes) is 12. The molecule has 0 amide bonds. The van der Waals surface area contributed by atoms with Crippen LogP contribution in [0.1, 0.15) is 102 Å². The molecule has 0 aliphatic carbocycles. The summed E-state index contributed by atoms with van der Waals surface area (Å²) in [5, 5.41) is 0. The summed E-state index contributed by atoms with van der Waals surface area (Å²) >= 11 is 0. The fourth-order valence-corrected chi connectivity index (χ4v) is 3.29. The van der Waals surface area contributed by atoms with Gasteiger partial charge in [0.25, 0.3) is 0 Å². The molecular formula is C23H33F5O2. The molecule has 0 radical (unpaired) electrons. The van der Waals surface area contributed by atoms with Crippen LogP contribution in [0.25, 0.3) is 0 Å². The molecule has 30 heavy (non-hydrogen) atoms. The van der Waals surface area contributed by atoms with Crippen molar-refractivity contribution in [3.8, 4) is 0 Å². The molecular weight excluding hydrogens is 403 g/mol. The van der Waals surface area contributed by atoms with Gasteiger partial charge in [0.15, 0.2) is 23.3 Å². The minimum Gasteiger partial charge on any atom is -0.461 e. The lowest BCUT2D eigenvalue weighted by Gasteiger charge is -2.09. The molecule has 0 bridgehead atoms. The monoisotopic (exact) mass is 436 g/mol. The third-order valence-electron chi connectivity index (χ3n) is 5.16. The second kappa shape index (κ2) is 15.2. The Balaban J connectivity index is 2.09. The van der Waals surface area contributed by atoms with Crippen LogP contribution < -0.4 is 0 Å². The number of esters is 1. The highest BCUT2D eigenvalue weighted by Crippen LogP contribution is 2.23. The molecule has 1 aromatic rings. The van der Waals surface area contributed by atoms with Gasteiger partial charge in [0.05, 0.1) is 5.56 Å². The molecule has 0 aliphatic rings. The van der Waals surface area contributed by atoms with Crippen molar-refractivity contribution in [2.45, 2.75) is 103 Å². The van der Waals surface area contributed by atoms with E-state index >= 15 is 0 Å². The van der Waals surface area contributed by atoms with Crippen molar-refractivity contribution < 1.29 is 31.5 Å². The van der Waals surface area contributed by atoms with Crippen molar-refractivity contribution >= 4 is 5.97 Å². The molecule has 0 unspecified atom stereocenters. The summed E-state index contributed by atoms with van der Waals surface area (Å²) in [5.74, 6) is -11.0. The summed E-state index contributed by atoms with van der Waals surface area (Å²) in [6, 6.07) is 0. The molecule has 1 rings (SSSR count). The van der Waals surface area contributed by atoms with Crippen LogP contribution in [-0.2, 0) is 16.1 Å². The first-order valence-corrected chi connectivity index (χ1v) is 11.1. The van der Waals surface area contributed by atoms with Gasteiger partial charge in [0.2, 0.25) is 5.82 Å². The zero-order chi connectivity index (χ0) is 22.4. The number of halogens is 5. The van der Waals surface area contributed by atoms with Crippen LogP contribution in [0.5, 0.6) is 0 Å². The van der Waals surface area contributed by atoms with E-state index in [2.05, 4.69) is 11.7 Å². The van der Waals surface area contributed by atoms with Crippen LogP contribution in [0, 0.1) is 29.1 Å². The van der Waals surface area contributed by atoms with Gasteiger partial charge in [-0.1, -0.05) is 84.0 Å². The molecule has 0 aromatic heterocycles. The van der Waals surface area contributed by atoms with E-state index in [0.717, 1.165) is 19.3 Å². The van der Waals surface area contributed by atoms with Gasteiger partial charge in [-0.15, -0.1) is 0 Å². The van der Waals surface area contributed by atoms with Crippen molar-refractivity contribution in [2.24, 2.45) is 0 Å². The van der Waals surface area contributed by atoms with Crippen LogP contribution in [-0.4, -0.2) is 5.97 Å². The van der Waals surface area contributed by atoms with Gasteiger partial charge in [0, 0.05) is 6.42 Å². The summed E-state index contributed by atoms with van der Waals surface area (Å²) in [6.07, 6.45) is 15.0. The maximum Gasteiger partial charge on any atom is 0.306 e. The zero-order valence-corrected chi connectivity index (χ0v) is 17.8. The SMILES string of the molecule is CCCCCCCCCCCCCCCC(=O)OCc1c(F)c(F)c(F)c(F)c1F. The number of ether oxygens (including phenoxy) is 1. The van der Waals surface area contributed by atoms with Crippen LogP contribution in [0.15, 0.2) is 0 Å². The lowest BCUT2D eigenvalue weighted by Crippen LogP contribution is -2.11. The highest BCUT2D eigenvalue weighted by molar-refractivity contribution is 5.69. The first kappa shape index (κ1) is 26.4. The lowest BCUT2D eigenvalue weighted by atomic mass is 10.0. The average Bonchev–Trinajstić information content (AvgIpc) is 2.74. The largest absolute Gasteiger partial charge is 0.461 e. The summed E-state index contributed by atoms with van der Waals surface area (Å²) in [5.41, 5.74) is -1.13. The molecule has 172 valence electrons. The van der Waals surface area contributed by atoms with E-state index in [0.29, 0.717) is 6.42 Å². The molecule has 0 saturated heterocycles. The Kier molecular flexibility index (Phi) is 13.4. The molecule has 1 aromatic carbocycles. The fraction of sp³-hybridized carbons (Fsp3) is 0.696. The Morgan fingerprint density at radius 2 is 0.967 bits per heavy atom. The van der Waals surface area contributed by atoms with E-state index in [4.69, 9.17) is 0 Å². The quantitative estimate of drug-likeness (QED) is 0.0865. The van der Waals surface area contributed by atoms with E-state index in [1.165, 1.54) is 57.8 Å². The molecule has 0 fully saturated rings. The summed E-state index contributed by atoms with van der Waals surface area (Å²) in [4.78, 5) is 11.6. The Morgan fingerprint density at radius 3 is 1.40 bits per heavy atom. The Hall–Kier alpha value is -1.66. The Morgan fingerprint density at radius 1 is 0.600 bits per heavy atom. The van der Waals surface area contributed by atoms with Crippen LogP contribution >= 0.6 is 0 Å². The number of hydrogen-bond acceptors (Lipinski definition) is 2. The molecule has 0 saturated carbocycles. The van der Waals surface area contributed by atoms with Crippen LogP contribution in [0.3, 0.4) is 0 Å². The molecule has 0 heterocycles. The van der Waals surface area contributed by atoms with Gasteiger partial charge in [-0.05, 0) is 6.42 Å². The van der Waals surface area contributed by atoms with Crippen molar-refractivity contribution in [1.29, 1.82) is 0 Å². The second-order valence-corrected chi connectivity index (χ2v) is 7.70. The van der Waals surface area contributed by atoms with Crippen molar-refractivity contribution in [1.82, 2.24) is 0 Å². The second-order valence-electron chi connectivity index (χ2n) is 7.70. The third-order valence-corrected chi connectivity index (χ3v) is 5.16. The molecule has 2 nitrogen and oxygen atoms in total. The zero-order valence-electron chi connectivity index (χ0n) is 17.8. The highest BCUT2D eigenvalue weighted by Gasteiger charge is 2.26. The summed E-state index contributed by atoms with van der Waals surface area (Å²) in [6.45, 7) is 1.23. The predicted molar refractivity (Wildman–Crippen MR) is 106 cm³/mol. The van der Waals surface area contributed by atoms with E-state index in [-0.39, 0.29) is 6.42 Å². The van der Waals surface area contributed by atoms with Crippen molar-refractivity contribution in [2.75, 3.05) is 0 Å². The van der Waals surface area contributed by atoms with Gasteiger partial charge in [-0.2, -0.15) is 0 Å². The first-order chi connectivity index (χ1) is 14.4. The highest BCUT2D eigenvalue weighted by atomic mass is 19.2. The van der Waals surface area contributed by atoms with Crippen LogP contribution in [0.2, 0.25) is 0 Å². The summed E-state index contributed by atoms with van der Waals surface area (Å²) < 4.78 is 70.9. The average molecular weight is 437 g/mol. The molecule has 0 spiro atoms. The predicted octanol–water partition coefficient (Wildman–Crippen LogP) is 7.91. The number of hydrogen-bond donors (Lipinski definition) is 0. The van der Waals surface area contributed by atoms with E-state index in [1.54, 1.807) is 0 Å². The Labute approximate surface area is 176 Å². The van der Waals surface area contributed by atoms with Crippen LogP contribution in [0.4, 0.5) is 22.0 Å². The van der Waals surface area contributed by atoms with Crippen molar-refractivity contribution in [3.63, 3.8) is 0 Å². The molecule has 0 atom stereocenters. The normalized spacial score (nSPS) is 11.1. The third kappa shape index (κ3) is 9.43. The lowest BCUT2D eigenvalue weighted by molar-refractivity contribution is -0.145. The van der Waals surface area contributed by atoms with Gasteiger partial charge in [0.1, 0.15) is 6.61 Å². The maximum atomic E-state index is 13.5. The van der Waals surface area contributed by atoms with Gasteiger partial charge < -0.3 is 4.74 Å². The topological polar surface area (TPSA) is 26.3 Å². The van der Waals surface area contributed by atoms with Gasteiger partial charge in [-0.3, -0.25) is 4.79 Å². The standard InChI is InChI=1S/C23H33F5O2/c1-2-3-4-5-6-7-8-9-10-11-12-13-14-15-18(29)30-16-17-19(24)21(26)23(28)22(27)20(17)25/h2-16H2,1H3. The van der Waals surface area contributed by atoms with E-state index in [1.807, 2.05) is 0 Å². The number of carbonyl (C=O) groups is 1. The molecule has 7 heteroatoms. The number of carbonyl (C=O) groups excluding carboxylic acids is 1. The van der Waals surface area contributed by atoms with Gasteiger partial charge in [-0.25, -0.2) is 22.0 Å². The minimum atomic E-state index is -2.23. The fourth-order valence-electron chi connectivity index (χ4n) is 3.29. The minimum absolute atomic E-state index is 0.0488.